The summed E-state index contributed by atoms with van der Waals surface area (Å²) in [6, 6.07) is 5.23. The zero-order chi connectivity index (χ0) is 16.7. The van der Waals surface area contributed by atoms with E-state index in [1.54, 1.807) is 18.2 Å². The first-order chi connectivity index (χ1) is 11.0. The Labute approximate surface area is 131 Å². The fourth-order valence-corrected chi connectivity index (χ4v) is 1.85. The summed E-state index contributed by atoms with van der Waals surface area (Å²) in [4.78, 5) is 3.83. The molecule has 23 heavy (non-hydrogen) atoms. The van der Waals surface area contributed by atoms with Crippen molar-refractivity contribution in [1.82, 2.24) is 10.6 Å². The van der Waals surface area contributed by atoms with Crippen molar-refractivity contribution < 1.29 is 27.4 Å². The monoisotopic (exact) mass is 333 g/mol. The number of nitrogens with one attached hydrogen (secondary N) is 2. The van der Waals surface area contributed by atoms with E-state index >= 15 is 0 Å². The fraction of sp³-hybridized carbons (Fsp3) is 0.500. The molecule has 128 valence electrons. The molecule has 0 aliphatic carbocycles. The summed E-state index contributed by atoms with van der Waals surface area (Å²) in [6.45, 7) is 0.673. The normalized spacial score (nSPS) is 13.8. The Morgan fingerprint density at radius 3 is 2.70 bits per heavy atom. The predicted molar refractivity (Wildman–Crippen MR) is 78.1 cm³/mol. The van der Waals surface area contributed by atoms with E-state index in [1.807, 2.05) is 0 Å². The van der Waals surface area contributed by atoms with Gasteiger partial charge in [0, 0.05) is 19.7 Å². The van der Waals surface area contributed by atoms with Gasteiger partial charge in [0.05, 0.1) is 13.0 Å². The number of rotatable bonds is 6. The van der Waals surface area contributed by atoms with Crippen LogP contribution in [0.4, 0.5) is 13.2 Å². The number of fused-ring (bicyclic) bond motifs is 1. The summed E-state index contributed by atoms with van der Waals surface area (Å²) in [7, 11) is 1.49. The molecule has 1 aromatic carbocycles. The van der Waals surface area contributed by atoms with Crippen molar-refractivity contribution >= 4 is 5.96 Å². The lowest BCUT2D eigenvalue weighted by molar-refractivity contribution is -0.132. The van der Waals surface area contributed by atoms with E-state index < -0.39 is 12.6 Å². The van der Waals surface area contributed by atoms with Crippen molar-refractivity contribution in [3.63, 3.8) is 0 Å². The molecule has 1 heterocycles. The second kappa shape index (κ2) is 7.80. The standard InChI is InChI=1S/C14H18F3N3O3/c1-18-13(19-5-4-14(15,16)17)20-6-7-21-10-2-3-11-12(8-10)23-9-22-11/h2-3,8H,4-7,9H2,1H3,(H2,18,19,20). The van der Waals surface area contributed by atoms with Crippen LogP contribution in [0.25, 0.3) is 0 Å². The number of hydrogen-bond acceptors (Lipinski definition) is 4. The molecule has 1 aliphatic heterocycles. The van der Waals surface area contributed by atoms with Crippen molar-refractivity contribution in [2.24, 2.45) is 4.99 Å². The second-order valence-corrected chi connectivity index (χ2v) is 4.65. The Morgan fingerprint density at radius 1 is 1.22 bits per heavy atom. The number of halogens is 3. The molecule has 0 aromatic heterocycles. The smallest absolute Gasteiger partial charge is 0.390 e. The van der Waals surface area contributed by atoms with E-state index in [9.17, 15) is 13.2 Å². The Kier molecular flexibility index (Phi) is 5.78. The van der Waals surface area contributed by atoms with Crippen LogP contribution in [0.1, 0.15) is 6.42 Å². The van der Waals surface area contributed by atoms with E-state index in [2.05, 4.69) is 15.6 Å². The van der Waals surface area contributed by atoms with Crippen molar-refractivity contribution in [2.75, 3.05) is 33.5 Å². The summed E-state index contributed by atoms with van der Waals surface area (Å²) in [5.41, 5.74) is 0. The van der Waals surface area contributed by atoms with Crippen LogP contribution in [0.2, 0.25) is 0 Å². The molecular formula is C14H18F3N3O3. The zero-order valence-electron chi connectivity index (χ0n) is 12.6. The summed E-state index contributed by atoms with van der Waals surface area (Å²) < 4.78 is 52.1. The Hall–Kier alpha value is -2.32. The maximum Gasteiger partial charge on any atom is 0.390 e. The molecule has 0 unspecified atom stereocenters. The molecule has 2 rings (SSSR count). The molecule has 0 atom stereocenters. The van der Waals surface area contributed by atoms with E-state index in [1.165, 1.54) is 7.05 Å². The predicted octanol–water partition coefficient (Wildman–Crippen LogP) is 1.91. The van der Waals surface area contributed by atoms with Gasteiger partial charge in [-0.3, -0.25) is 4.99 Å². The van der Waals surface area contributed by atoms with E-state index in [0.29, 0.717) is 36.4 Å². The molecule has 0 amide bonds. The summed E-state index contributed by atoms with van der Waals surface area (Å²) in [5.74, 6) is 2.21. The lowest BCUT2D eigenvalue weighted by Crippen LogP contribution is -2.40. The first kappa shape index (κ1) is 17.0. The molecule has 0 bridgehead atoms. The third kappa shape index (κ3) is 5.76. The largest absolute Gasteiger partial charge is 0.492 e. The summed E-state index contributed by atoms with van der Waals surface area (Å²) in [5, 5.41) is 5.45. The number of hydrogen-bond donors (Lipinski definition) is 2. The highest BCUT2D eigenvalue weighted by Gasteiger charge is 2.26. The van der Waals surface area contributed by atoms with Gasteiger partial charge in [-0.05, 0) is 12.1 Å². The molecule has 0 spiro atoms. The Bertz CT molecular complexity index is 550. The van der Waals surface area contributed by atoms with E-state index in [-0.39, 0.29) is 13.3 Å². The fourth-order valence-electron chi connectivity index (χ4n) is 1.85. The van der Waals surface area contributed by atoms with Gasteiger partial charge in [-0.1, -0.05) is 0 Å². The second-order valence-electron chi connectivity index (χ2n) is 4.65. The van der Waals surface area contributed by atoms with Crippen molar-refractivity contribution in [3.8, 4) is 17.2 Å². The average molecular weight is 333 g/mol. The van der Waals surface area contributed by atoms with Gasteiger partial charge >= 0.3 is 6.18 Å². The van der Waals surface area contributed by atoms with Crippen LogP contribution in [0.15, 0.2) is 23.2 Å². The zero-order valence-corrected chi connectivity index (χ0v) is 12.6. The lowest BCUT2D eigenvalue weighted by atomic mass is 10.3. The molecule has 2 N–H and O–H groups in total. The molecular weight excluding hydrogens is 315 g/mol. The third-order valence-electron chi connectivity index (χ3n) is 2.93. The number of nitrogens with zero attached hydrogens (tertiary/aromatic N) is 1. The van der Waals surface area contributed by atoms with Gasteiger partial charge in [-0.15, -0.1) is 0 Å². The maximum atomic E-state index is 12.1. The lowest BCUT2D eigenvalue weighted by Gasteiger charge is -2.13. The molecule has 0 fully saturated rings. The van der Waals surface area contributed by atoms with Gasteiger partial charge in [-0.25, -0.2) is 0 Å². The molecule has 0 radical (unpaired) electrons. The Balaban J connectivity index is 1.66. The molecule has 0 saturated carbocycles. The van der Waals surface area contributed by atoms with Gasteiger partial charge in [0.2, 0.25) is 6.79 Å². The van der Waals surface area contributed by atoms with Crippen LogP contribution < -0.4 is 24.8 Å². The van der Waals surface area contributed by atoms with Crippen molar-refractivity contribution in [3.05, 3.63) is 18.2 Å². The highest BCUT2D eigenvalue weighted by atomic mass is 19.4. The molecule has 0 saturated heterocycles. The number of guanidine groups is 1. The van der Waals surface area contributed by atoms with Crippen LogP contribution in [0, 0.1) is 0 Å². The van der Waals surface area contributed by atoms with Gasteiger partial charge in [-0.2, -0.15) is 13.2 Å². The van der Waals surface area contributed by atoms with Crippen LogP contribution in [-0.4, -0.2) is 45.7 Å². The first-order valence-corrected chi connectivity index (χ1v) is 7.01. The van der Waals surface area contributed by atoms with Crippen LogP contribution in [0.5, 0.6) is 17.2 Å². The van der Waals surface area contributed by atoms with Gasteiger partial charge in [0.25, 0.3) is 0 Å². The number of ether oxygens (including phenoxy) is 3. The number of benzene rings is 1. The van der Waals surface area contributed by atoms with Crippen molar-refractivity contribution in [1.29, 1.82) is 0 Å². The highest BCUT2D eigenvalue weighted by molar-refractivity contribution is 5.79. The van der Waals surface area contributed by atoms with Crippen LogP contribution >= 0.6 is 0 Å². The van der Waals surface area contributed by atoms with E-state index in [4.69, 9.17) is 14.2 Å². The molecule has 6 nitrogen and oxygen atoms in total. The summed E-state index contributed by atoms with van der Waals surface area (Å²) >= 11 is 0. The van der Waals surface area contributed by atoms with Gasteiger partial charge in [0.15, 0.2) is 17.5 Å². The van der Waals surface area contributed by atoms with E-state index in [0.717, 1.165) is 0 Å². The summed E-state index contributed by atoms with van der Waals surface area (Å²) in [6.07, 6.45) is -5.10. The quantitative estimate of drug-likeness (QED) is 0.473. The number of aliphatic imine (C=N–C) groups is 1. The van der Waals surface area contributed by atoms with Gasteiger partial charge < -0.3 is 24.8 Å². The minimum Gasteiger partial charge on any atom is -0.492 e. The SMILES string of the molecule is CN=C(NCCOc1ccc2c(c1)OCO2)NCCC(F)(F)F. The topological polar surface area (TPSA) is 64.1 Å². The third-order valence-corrected chi connectivity index (χ3v) is 2.93. The Morgan fingerprint density at radius 2 is 1.96 bits per heavy atom. The molecule has 1 aromatic rings. The minimum absolute atomic E-state index is 0.195. The van der Waals surface area contributed by atoms with Crippen molar-refractivity contribution in [2.45, 2.75) is 12.6 Å². The average Bonchev–Trinajstić information content (AvgIpc) is 2.96. The number of alkyl halides is 3. The minimum atomic E-state index is -4.19. The maximum absolute atomic E-state index is 12.1. The molecule has 9 heteroatoms. The van der Waals surface area contributed by atoms with Gasteiger partial charge in [0.1, 0.15) is 12.4 Å². The highest BCUT2D eigenvalue weighted by Crippen LogP contribution is 2.34. The first-order valence-electron chi connectivity index (χ1n) is 7.01. The van der Waals surface area contributed by atoms with Crippen LogP contribution in [0.3, 0.4) is 0 Å². The molecule has 1 aliphatic rings. The van der Waals surface area contributed by atoms with Crippen LogP contribution in [-0.2, 0) is 0 Å².